The van der Waals surface area contributed by atoms with E-state index in [1.54, 1.807) is 24.3 Å². The molecule has 1 saturated carbocycles. The normalized spacial score (nSPS) is 14.7. The molecule has 1 aliphatic rings. The molecule has 3 rings (SSSR count). The van der Waals surface area contributed by atoms with E-state index in [9.17, 15) is 9.59 Å². The number of carbonyl (C=O) groups is 2. The van der Waals surface area contributed by atoms with Crippen LogP contribution in [0.4, 0.5) is 5.69 Å². The number of hydrogen-bond acceptors (Lipinski definition) is 5. The summed E-state index contributed by atoms with van der Waals surface area (Å²) in [5.74, 6) is -1.00. The molecule has 1 atom stereocenters. The Hall–Kier alpha value is -2.41. The number of carbonyl (C=O) groups excluding carboxylic acids is 2. The molecular weight excluding hydrogens is 374 g/mol. The van der Waals surface area contributed by atoms with Crippen LogP contribution in [0.1, 0.15) is 34.9 Å². The Morgan fingerprint density at radius 3 is 2.67 bits per heavy atom. The first-order chi connectivity index (χ1) is 11.5. The Kier molecular flexibility index (Phi) is 4.80. The summed E-state index contributed by atoms with van der Waals surface area (Å²) in [5, 5.41) is 2.87. The van der Waals surface area contributed by atoms with Gasteiger partial charge < -0.3 is 15.8 Å². The number of anilines is 1. The zero-order valence-corrected chi connectivity index (χ0v) is 14.3. The number of pyridine rings is 1. The maximum atomic E-state index is 12.5. The number of nitrogen functional groups attached to an aromatic ring is 1. The minimum atomic E-state index is -1.02. The summed E-state index contributed by atoms with van der Waals surface area (Å²) < 4.78 is 5.93. The number of rotatable bonds is 5. The van der Waals surface area contributed by atoms with Gasteiger partial charge in [-0.1, -0.05) is 30.3 Å². The number of nitrogens with zero attached hydrogens (tertiary/aromatic N) is 1. The van der Waals surface area contributed by atoms with Crippen molar-refractivity contribution in [2.75, 3.05) is 5.73 Å². The van der Waals surface area contributed by atoms with Crippen molar-refractivity contribution >= 4 is 33.5 Å². The molecule has 1 fully saturated rings. The van der Waals surface area contributed by atoms with Crippen LogP contribution in [0.25, 0.3) is 0 Å². The van der Waals surface area contributed by atoms with Crippen LogP contribution in [0.3, 0.4) is 0 Å². The Labute approximate surface area is 147 Å². The third-order valence-electron chi connectivity index (χ3n) is 3.61. The molecule has 0 bridgehead atoms. The molecule has 0 aliphatic heterocycles. The lowest BCUT2D eigenvalue weighted by atomic mass is 10.1. The summed E-state index contributed by atoms with van der Waals surface area (Å²) >= 11 is 3.19. The number of benzene rings is 1. The second kappa shape index (κ2) is 7.00. The number of nitrogens with two attached hydrogens (primary N) is 1. The lowest BCUT2D eigenvalue weighted by Gasteiger charge is -2.18. The molecule has 3 N–H and O–H groups in total. The van der Waals surface area contributed by atoms with Crippen molar-refractivity contribution in [3.8, 4) is 0 Å². The first kappa shape index (κ1) is 16.4. The molecule has 6 nitrogen and oxygen atoms in total. The largest absolute Gasteiger partial charge is 0.444 e. The van der Waals surface area contributed by atoms with Crippen LogP contribution in [-0.2, 0) is 9.53 Å². The predicted octanol–water partition coefficient (Wildman–Crippen LogP) is 2.60. The number of aromatic nitrogens is 1. The van der Waals surface area contributed by atoms with Crippen LogP contribution in [0, 0.1) is 0 Å². The predicted molar refractivity (Wildman–Crippen MR) is 92.1 cm³/mol. The van der Waals surface area contributed by atoms with E-state index in [4.69, 9.17) is 10.5 Å². The molecule has 7 heteroatoms. The average molecular weight is 390 g/mol. The first-order valence-corrected chi connectivity index (χ1v) is 8.31. The molecule has 1 unspecified atom stereocenters. The van der Waals surface area contributed by atoms with Gasteiger partial charge in [0.25, 0.3) is 5.91 Å². The van der Waals surface area contributed by atoms with E-state index in [0.29, 0.717) is 10.2 Å². The lowest BCUT2D eigenvalue weighted by molar-refractivity contribution is -0.130. The van der Waals surface area contributed by atoms with Crippen LogP contribution in [0.15, 0.2) is 47.2 Å². The van der Waals surface area contributed by atoms with Crippen LogP contribution in [0.2, 0.25) is 0 Å². The highest BCUT2D eigenvalue weighted by atomic mass is 79.9. The van der Waals surface area contributed by atoms with E-state index in [-0.39, 0.29) is 23.2 Å². The Bertz CT molecular complexity index is 763. The number of nitrogens with one attached hydrogen (secondary N) is 1. The van der Waals surface area contributed by atoms with E-state index in [0.717, 1.165) is 12.8 Å². The maximum absolute atomic E-state index is 12.5. The molecule has 124 valence electrons. The lowest BCUT2D eigenvalue weighted by Crippen LogP contribution is -2.33. The van der Waals surface area contributed by atoms with Gasteiger partial charge in [-0.3, -0.25) is 4.79 Å². The van der Waals surface area contributed by atoms with Gasteiger partial charge in [0.1, 0.15) is 4.60 Å². The van der Waals surface area contributed by atoms with Crippen LogP contribution in [-0.4, -0.2) is 22.9 Å². The van der Waals surface area contributed by atoms with Gasteiger partial charge in [0.15, 0.2) is 0 Å². The highest BCUT2D eigenvalue weighted by Crippen LogP contribution is 2.25. The molecule has 1 amide bonds. The number of halogens is 1. The molecule has 1 aliphatic carbocycles. The summed E-state index contributed by atoms with van der Waals surface area (Å²) in [6.07, 6.45) is 2.24. The molecule has 1 heterocycles. The average Bonchev–Trinajstić information content (AvgIpc) is 3.39. The molecule has 2 aromatic rings. The molecular formula is C17H16BrN3O3. The third kappa shape index (κ3) is 3.91. The number of hydrogen-bond donors (Lipinski definition) is 2. The van der Waals surface area contributed by atoms with Gasteiger partial charge in [-0.2, -0.15) is 0 Å². The minimum Gasteiger partial charge on any atom is -0.444 e. The van der Waals surface area contributed by atoms with Crippen LogP contribution in [0.5, 0.6) is 0 Å². The second-order valence-corrected chi connectivity index (χ2v) is 6.39. The third-order valence-corrected chi connectivity index (χ3v) is 4.04. The van der Waals surface area contributed by atoms with Crippen molar-refractivity contribution in [3.63, 3.8) is 0 Å². The summed E-state index contributed by atoms with van der Waals surface area (Å²) in [6, 6.07) is 10.5. The van der Waals surface area contributed by atoms with E-state index < -0.39 is 12.1 Å². The highest BCUT2D eigenvalue weighted by Gasteiger charge is 2.31. The number of ether oxygens (including phenoxy) is 1. The Morgan fingerprint density at radius 2 is 2.00 bits per heavy atom. The van der Waals surface area contributed by atoms with Crippen molar-refractivity contribution in [2.45, 2.75) is 25.0 Å². The summed E-state index contributed by atoms with van der Waals surface area (Å²) in [7, 11) is 0. The Balaban J connectivity index is 1.84. The number of esters is 1. The van der Waals surface area contributed by atoms with Crippen molar-refractivity contribution in [1.82, 2.24) is 10.3 Å². The van der Waals surface area contributed by atoms with Gasteiger partial charge in [0.2, 0.25) is 6.10 Å². The zero-order valence-electron chi connectivity index (χ0n) is 12.7. The van der Waals surface area contributed by atoms with Gasteiger partial charge in [-0.15, -0.1) is 0 Å². The monoisotopic (exact) mass is 389 g/mol. The SMILES string of the molecule is Nc1cnc(Br)cc1C(=O)OC(C(=O)NC1CC1)c1ccccc1. The van der Waals surface area contributed by atoms with E-state index in [1.165, 1.54) is 12.3 Å². The smallest absolute Gasteiger partial charge is 0.341 e. The van der Waals surface area contributed by atoms with Gasteiger partial charge in [0.05, 0.1) is 17.4 Å². The van der Waals surface area contributed by atoms with Gasteiger partial charge in [0, 0.05) is 11.6 Å². The van der Waals surface area contributed by atoms with Crippen LogP contribution < -0.4 is 11.1 Å². The molecule has 1 aromatic carbocycles. The van der Waals surface area contributed by atoms with Crippen molar-refractivity contribution < 1.29 is 14.3 Å². The van der Waals surface area contributed by atoms with Gasteiger partial charge >= 0.3 is 5.97 Å². The van der Waals surface area contributed by atoms with E-state index in [1.807, 2.05) is 6.07 Å². The number of amides is 1. The van der Waals surface area contributed by atoms with Gasteiger partial charge in [-0.05, 0) is 34.8 Å². The van der Waals surface area contributed by atoms with Crippen LogP contribution >= 0.6 is 15.9 Å². The summed E-state index contributed by atoms with van der Waals surface area (Å²) in [6.45, 7) is 0. The fraction of sp³-hybridized carbons (Fsp3) is 0.235. The second-order valence-electron chi connectivity index (χ2n) is 5.57. The van der Waals surface area contributed by atoms with Crippen molar-refractivity contribution in [1.29, 1.82) is 0 Å². The standard InChI is InChI=1S/C17H16BrN3O3/c18-14-8-12(13(19)9-20-14)17(23)24-15(10-4-2-1-3-5-10)16(22)21-11-6-7-11/h1-5,8-9,11,15H,6-7,19H2,(H,21,22). The van der Waals surface area contributed by atoms with E-state index >= 15 is 0 Å². The molecule has 0 spiro atoms. The quantitative estimate of drug-likeness (QED) is 0.605. The summed E-state index contributed by atoms with van der Waals surface area (Å²) in [4.78, 5) is 28.9. The maximum Gasteiger partial charge on any atom is 0.341 e. The molecule has 24 heavy (non-hydrogen) atoms. The molecule has 0 saturated heterocycles. The first-order valence-electron chi connectivity index (χ1n) is 7.52. The topological polar surface area (TPSA) is 94.3 Å². The summed E-state index contributed by atoms with van der Waals surface area (Å²) in [5.41, 5.74) is 6.75. The fourth-order valence-electron chi connectivity index (χ4n) is 2.19. The minimum absolute atomic E-state index is 0.164. The van der Waals surface area contributed by atoms with E-state index in [2.05, 4.69) is 26.2 Å². The fourth-order valence-corrected chi connectivity index (χ4v) is 2.52. The zero-order chi connectivity index (χ0) is 17.1. The highest BCUT2D eigenvalue weighted by molar-refractivity contribution is 9.10. The van der Waals surface area contributed by atoms with Crippen molar-refractivity contribution in [2.24, 2.45) is 0 Å². The molecule has 1 aromatic heterocycles. The molecule has 0 radical (unpaired) electrons. The Morgan fingerprint density at radius 1 is 1.29 bits per heavy atom. The van der Waals surface area contributed by atoms with Crippen molar-refractivity contribution in [3.05, 3.63) is 58.3 Å². The van der Waals surface area contributed by atoms with Gasteiger partial charge in [-0.25, -0.2) is 9.78 Å².